The van der Waals surface area contributed by atoms with Crippen LogP contribution >= 0.6 is 23.1 Å². The summed E-state index contributed by atoms with van der Waals surface area (Å²) in [5.41, 5.74) is 0. The maximum Gasteiger partial charge on any atom is 0.324 e. The van der Waals surface area contributed by atoms with Crippen LogP contribution < -0.4 is 0 Å². The van der Waals surface area contributed by atoms with Crippen molar-refractivity contribution in [1.29, 1.82) is 0 Å². The maximum absolute atomic E-state index is 11.5. The lowest BCUT2D eigenvalue weighted by Crippen LogP contribution is -2.29. The Morgan fingerprint density at radius 3 is 3.00 bits per heavy atom. The summed E-state index contributed by atoms with van der Waals surface area (Å²) in [6.07, 6.45) is 3.05. The molecule has 0 saturated carbocycles. The first-order valence-electron chi connectivity index (χ1n) is 5.51. The first-order chi connectivity index (χ1) is 9.61. The van der Waals surface area contributed by atoms with Crippen molar-refractivity contribution in [3.63, 3.8) is 0 Å². The van der Waals surface area contributed by atoms with Crippen LogP contribution in [0.15, 0.2) is 35.0 Å². The second-order valence-corrected chi connectivity index (χ2v) is 5.68. The van der Waals surface area contributed by atoms with Gasteiger partial charge in [0.25, 0.3) is 0 Å². The number of carbonyl (C=O) groups excluding carboxylic acids is 1. The molecule has 0 unspecified atom stereocenters. The summed E-state index contributed by atoms with van der Waals surface area (Å²) in [5, 5.41) is 18.9. The molecule has 0 N–H and O–H groups in total. The van der Waals surface area contributed by atoms with Gasteiger partial charge < -0.3 is 0 Å². The third kappa shape index (κ3) is 3.31. The van der Waals surface area contributed by atoms with Gasteiger partial charge in [-0.2, -0.15) is 5.10 Å². The molecule has 1 amide bonds. The van der Waals surface area contributed by atoms with E-state index in [1.807, 2.05) is 0 Å². The van der Waals surface area contributed by atoms with E-state index < -0.39 is 4.92 Å². The lowest BCUT2D eigenvalue weighted by molar-refractivity contribution is -0.380. The fraction of sp³-hybridized carbons (Fsp3) is 0.182. The van der Waals surface area contributed by atoms with Crippen LogP contribution in [0.4, 0.5) is 5.00 Å². The number of nitro groups is 1. The number of rotatable bonds is 5. The largest absolute Gasteiger partial charge is 0.324 e. The Hall–Kier alpha value is -2.00. The van der Waals surface area contributed by atoms with Crippen molar-refractivity contribution < 1.29 is 9.72 Å². The van der Waals surface area contributed by atoms with E-state index in [4.69, 9.17) is 0 Å². The van der Waals surface area contributed by atoms with Gasteiger partial charge in [0, 0.05) is 12.6 Å². The molecule has 1 aromatic heterocycles. The fourth-order valence-corrected chi connectivity index (χ4v) is 2.96. The molecule has 0 bridgehead atoms. The normalized spacial score (nSPS) is 17.3. The number of nitrogens with zero attached hydrogens (tertiary/aromatic N) is 4. The van der Waals surface area contributed by atoms with Gasteiger partial charge in [0.15, 0.2) is 5.17 Å². The van der Waals surface area contributed by atoms with Gasteiger partial charge in [0.1, 0.15) is 0 Å². The lowest BCUT2D eigenvalue weighted by Gasteiger charge is -2.11. The van der Waals surface area contributed by atoms with Gasteiger partial charge in [-0.15, -0.1) is 11.7 Å². The van der Waals surface area contributed by atoms with Gasteiger partial charge >= 0.3 is 5.00 Å². The smallest absolute Gasteiger partial charge is 0.285 e. The van der Waals surface area contributed by atoms with E-state index in [0.717, 1.165) is 11.3 Å². The van der Waals surface area contributed by atoms with Crippen LogP contribution in [0.25, 0.3) is 0 Å². The first kappa shape index (κ1) is 14.4. The van der Waals surface area contributed by atoms with E-state index in [2.05, 4.69) is 16.8 Å². The summed E-state index contributed by atoms with van der Waals surface area (Å²) in [7, 11) is 0. The Morgan fingerprint density at radius 2 is 2.35 bits per heavy atom. The molecule has 2 heterocycles. The van der Waals surface area contributed by atoms with Crippen molar-refractivity contribution in [2.24, 2.45) is 10.2 Å². The third-order valence-corrected chi connectivity index (χ3v) is 4.21. The molecule has 104 valence electrons. The number of amides is 1. The van der Waals surface area contributed by atoms with Gasteiger partial charge in [-0.3, -0.25) is 19.8 Å². The Balaban J connectivity index is 2.07. The van der Waals surface area contributed by atoms with Crippen LogP contribution in [0.3, 0.4) is 0 Å². The predicted octanol–water partition coefficient (Wildman–Crippen LogP) is 2.11. The highest BCUT2D eigenvalue weighted by molar-refractivity contribution is 8.15. The molecule has 0 aliphatic carbocycles. The van der Waals surface area contributed by atoms with E-state index in [1.54, 1.807) is 12.1 Å². The summed E-state index contributed by atoms with van der Waals surface area (Å²) in [6, 6.07) is 3.01. The Kier molecular flexibility index (Phi) is 4.64. The van der Waals surface area contributed by atoms with Gasteiger partial charge in [-0.25, -0.2) is 0 Å². The van der Waals surface area contributed by atoms with Crippen LogP contribution in [0.2, 0.25) is 0 Å². The SMILES string of the molecule is C=CCN1C(=O)CS/C1=N\N=C\c1ccc([N+](=O)[O-])s1. The van der Waals surface area contributed by atoms with Crippen molar-refractivity contribution in [1.82, 2.24) is 4.90 Å². The summed E-state index contributed by atoms with van der Waals surface area (Å²) < 4.78 is 0. The summed E-state index contributed by atoms with van der Waals surface area (Å²) in [6.45, 7) is 3.97. The molecule has 1 fully saturated rings. The van der Waals surface area contributed by atoms with Crippen molar-refractivity contribution in [3.8, 4) is 0 Å². The molecule has 1 aliphatic heterocycles. The van der Waals surface area contributed by atoms with Crippen molar-refractivity contribution >= 4 is 45.4 Å². The highest BCUT2D eigenvalue weighted by Crippen LogP contribution is 2.23. The molecule has 2 rings (SSSR count). The molecule has 0 radical (unpaired) electrons. The van der Waals surface area contributed by atoms with E-state index in [-0.39, 0.29) is 10.9 Å². The number of amidine groups is 1. The second kappa shape index (κ2) is 6.44. The monoisotopic (exact) mass is 310 g/mol. The minimum Gasteiger partial charge on any atom is -0.285 e. The molecule has 9 heteroatoms. The van der Waals surface area contributed by atoms with Crippen LogP contribution in [0.5, 0.6) is 0 Å². The quantitative estimate of drug-likeness (QED) is 0.360. The Labute approximate surface area is 122 Å². The van der Waals surface area contributed by atoms with E-state index in [0.29, 0.717) is 22.3 Å². The van der Waals surface area contributed by atoms with Gasteiger partial charge in [0.2, 0.25) is 5.91 Å². The molecular weight excluding hydrogens is 300 g/mol. The highest BCUT2D eigenvalue weighted by Gasteiger charge is 2.26. The highest BCUT2D eigenvalue weighted by atomic mass is 32.2. The van der Waals surface area contributed by atoms with Crippen LogP contribution in [0.1, 0.15) is 4.88 Å². The molecule has 0 spiro atoms. The minimum absolute atomic E-state index is 0.0318. The number of hydrogen-bond donors (Lipinski definition) is 0. The van der Waals surface area contributed by atoms with Crippen LogP contribution in [0, 0.1) is 10.1 Å². The fourth-order valence-electron chi connectivity index (χ4n) is 1.43. The van der Waals surface area contributed by atoms with Gasteiger partial charge in [-0.1, -0.05) is 29.2 Å². The predicted molar refractivity (Wildman–Crippen MR) is 80.4 cm³/mol. The van der Waals surface area contributed by atoms with E-state index >= 15 is 0 Å². The molecule has 1 aromatic rings. The summed E-state index contributed by atoms with van der Waals surface area (Å²) in [5.74, 6) is 0.308. The van der Waals surface area contributed by atoms with Crippen LogP contribution in [-0.2, 0) is 4.79 Å². The number of thiophene rings is 1. The van der Waals surface area contributed by atoms with Gasteiger partial charge in [0.05, 0.1) is 21.8 Å². The summed E-state index contributed by atoms with van der Waals surface area (Å²) >= 11 is 2.32. The minimum atomic E-state index is -0.453. The van der Waals surface area contributed by atoms with Crippen molar-refractivity contribution in [3.05, 3.63) is 39.8 Å². The zero-order valence-corrected chi connectivity index (χ0v) is 11.9. The molecule has 20 heavy (non-hydrogen) atoms. The summed E-state index contributed by atoms with van der Waals surface area (Å²) in [4.78, 5) is 23.7. The number of thioether (sulfide) groups is 1. The molecule has 1 aliphatic rings. The van der Waals surface area contributed by atoms with E-state index in [9.17, 15) is 14.9 Å². The molecular formula is C11H10N4O3S2. The first-order valence-corrected chi connectivity index (χ1v) is 7.31. The van der Waals surface area contributed by atoms with E-state index in [1.165, 1.54) is 28.9 Å². The number of carbonyl (C=O) groups is 1. The average molecular weight is 310 g/mol. The molecule has 1 saturated heterocycles. The second-order valence-electron chi connectivity index (χ2n) is 3.64. The number of hydrogen-bond acceptors (Lipinski definition) is 7. The van der Waals surface area contributed by atoms with Crippen molar-refractivity contribution in [2.45, 2.75) is 0 Å². The average Bonchev–Trinajstić information content (AvgIpc) is 3.00. The maximum atomic E-state index is 11.5. The van der Waals surface area contributed by atoms with Crippen molar-refractivity contribution in [2.75, 3.05) is 12.3 Å². The molecule has 0 aromatic carbocycles. The molecule has 7 nitrogen and oxygen atoms in total. The zero-order valence-electron chi connectivity index (χ0n) is 10.3. The third-order valence-electron chi connectivity index (χ3n) is 2.29. The zero-order chi connectivity index (χ0) is 14.5. The molecule has 0 atom stereocenters. The van der Waals surface area contributed by atoms with Gasteiger partial charge in [-0.05, 0) is 6.07 Å². The lowest BCUT2D eigenvalue weighted by atomic mass is 10.5. The topological polar surface area (TPSA) is 88.2 Å². The van der Waals surface area contributed by atoms with Crippen LogP contribution in [-0.4, -0.2) is 39.4 Å². The Bertz CT molecular complexity index is 609. The standard InChI is InChI=1S/C11H10N4O3S2/c1-2-5-14-9(16)7-19-11(14)13-12-6-8-3-4-10(20-8)15(17)18/h2-4,6H,1,5,7H2/b12-6+,13-11-. The Morgan fingerprint density at radius 1 is 1.55 bits per heavy atom.